The first-order valence-corrected chi connectivity index (χ1v) is 10.7. The van der Waals surface area contributed by atoms with E-state index in [0.717, 1.165) is 42.1 Å². The highest BCUT2D eigenvalue weighted by Crippen LogP contribution is 2.26. The number of ether oxygens (including phenoxy) is 1. The van der Waals surface area contributed by atoms with E-state index in [1.54, 1.807) is 12.1 Å². The Balaban J connectivity index is 1.34. The maximum absolute atomic E-state index is 11.3. The molecular formula is C26H24N4O2. The lowest BCUT2D eigenvalue weighted by Crippen LogP contribution is -2.38. The fraction of sp³-hybridized carbons (Fsp3) is 0.192. The topological polar surface area (TPSA) is 81.3 Å². The molecule has 0 unspecified atom stereocenters. The smallest absolute Gasteiger partial charge is 0.248 e. The standard InChI is InChI=1S/C26H24N4O2/c27-26(31)19-11-9-18(10-12-19)22-6-2-8-24(29-22)25-17-30(14-15-32-25)16-20-4-1-7-23-21(20)5-3-13-28-23/h1-13,25H,14-17H2,(H2,27,31)/t25-/m0/s1. The number of fused-ring (bicyclic) bond motifs is 1. The molecule has 0 bridgehead atoms. The highest BCUT2D eigenvalue weighted by Gasteiger charge is 2.24. The zero-order valence-corrected chi connectivity index (χ0v) is 17.6. The highest BCUT2D eigenvalue weighted by atomic mass is 16.5. The van der Waals surface area contributed by atoms with Crippen LogP contribution in [0, 0.1) is 0 Å². The van der Waals surface area contributed by atoms with Crippen molar-refractivity contribution in [3.63, 3.8) is 0 Å². The second-order valence-corrected chi connectivity index (χ2v) is 7.97. The van der Waals surface area contributed by atoms with E-state index in [2.05, 4.69) is 28.1 Å². The third-order valence-electron chi connectivity index (χ3n) is 5.85. The molecule has 2 N–H and O–H groups in total. The molecule has 6 nitrogen and oxygen atoms in total. The lowest BCUT2D eigenvalue weighted by molar-refractivity contribution is -0.0348. The Morgan fingerprint density at radius 2 is 1.88 bits per heavy atom. The van der Waals surface area contributed by atoms with Crippen LogP contribution in [0.15, 0.2) is 79.0 Å². The molecule has 2 aromatic heterocycles. The molecule has 5 rings (SSSR count). The Labute approximate surface area is 186 Å². The summed E-state index contributed by atoms with van der Waals surface area (Å²) in [4.78, 5) is 23.1. The van der Waals surface area contributed by atoms with Gasteiger partial charge < -0.3 is 10.5 Å². The first kappa shape index (κ1) is 20.3. The van der Waals surface area contributed by atoms with E-state index in [9.17, 15) is 4.79 Å². The molecule has 4 aromatic rings. The number of nitrogens with two attached hydrogens (primary N) is 1. The molecule has 32 heavy (non-hydrogen) atoms. The Kier molecular flexibility index (Phi) is 5.62. The number of benzene rings is 2. The SMILES string of the molecule is NC(=O)c1ccc(-c2cccc([C@@H]3CN(Cc4cccc5ncccc45)CCO3)n2)cc1. The average molecular weight is 425 g/mol. The van der Waals surface area contributed by atoms with Gasteiger partial charge in [-0.15, -0.1) is 0 Å². The molecule has 3 heterocycles. The van der Waals surface area contributed by atoms with E-state index in [4.69, 9.17) is 15.5 Å². The van der Waals surface area contributed by atoms with E-state index in [1.165, 1.54) is 10.9 Å². The minimum atomic E-state index is -0.434. The van der Waals surface area contributed by atoms with Crippen LogP contribution in [-0.2, 0) is 11.3 Å². The maximum atomic E-state index is 11.3. The largest absolute Gasteiger partial charge is 0.369 e. The third-order valence-corrected chi connectivity index (χ3v) is 5.85. The van der Waals surface area contributed by atoms with Crippen molar-refractivity contribution >= 4 is 16.8 Å². The second kappa shape index (κ2) is 8.86. The van der Waals surface area contributed by atoms with E-state index in [-0.39, 0.29) is 6.10 Å². The lowest BCUT2D eigenvalue weighted by atomic mass is 10.1. The first-order chi connectivity index (χ1) is 15.7. The quantitative estimate of drug-likeness (QED) is 0.524. The molecule has 1 aliphatic heterocycles. The Hall–Kier alpha value is -3.61. The molecule has 1 fully saturated rings. The molecule has 1 saturated heterocycles. The van der Waals surface area contributed by atoms with Crippen LogP contribution in [0.5, 0.6) is 0 Å². The number of rotatable bonds is 5. The molecule has 6 heteroatoms. The van der Waals surface area contributed by atoms with Crippen LogP contribution in [0.3, 0.4) is 0 Å². The Bertz CT molecular complexity index is 1250. The summed E-state index contributed by atoms with van der Waals surface area (Å²) in [5, 5.41) is 1.19. The van der Waals surface area contributed by atoms with Crippen molar-refractivity contribution in [2.45, 2.75) is 12.6 Å². The lowest BCUT2D eigenvalue weighted by Gasteiger charge is -2.33. The van der Waals surface area contributed by atoms with E-state index >= 15 is 0 Å². The van der Waals surface area contributed by atoms with Gasteiger partial charge in [0.25, 0.3) is 0 Å². The second-order valence-electron chi connectivity index (χ2n) is 7.97. The maximum Gasteiger partial charge on any atom is 0.248 e. The summed E-state index contributed by atoms with van der Waals surface area (Å²) in [7, 11) is 0. The number of amides is 1. The van der Waals surface area contributed by atoms with Crippen LogP contribution in [0.25, 0.3) is 22.2 Å². The van der Waals surface area contributed by atoms with Crippen molar-refractivity contribution in [2.24, 2.45) is 5.73 Å². The summed E-state index contributed by atoms with van der Waals surface area (Å²) >= 11 is 0. The minimum Gasteiger partial charge on any atom is -0.369 e. The monoisotopic (exact) mass is 424 g/mol. The van der Waals surface area contributed by atoms with Crippen molar-refractivity contribution in [1.82, 2.24) is 14.9 Å². The molecule has 0 aliphatic carbocycles. The van der Waals surface area contributed by atoms with Crippen molar-refractivity contribution in [2.75, 3.05) is 19.7 Å². The summed E-state index contributed by atoms with van der Waals surface area (Å²) in [6, 6.07) is 23.6. The Morgan fingerprint density at radius 3 is 2.72 bits per heavy atom. The number of pyridine rings is 2. The molecule has 0 radical (unpaired) electrons. The molecule has 1 aliphatic rings. The normalized spacial score (nSPS) is 16.8. The van der Waals surface area contributed by atoms with E-state index in [1.807, 2.05) is 48.7 Å². The molecule has 1 atom stereocenters. The molecular weight excluding hydrogens is 400 g/mol. The van der Waals surface area contributed by atoms with Crippen LogP contribution in [0.1, 0.15) is 27.7 Å². The van der Waals surface area contributed by atoms with Crippen molar-refractivity contribution in [3.05, 3.63) is 95.8 Å². The molecule has 2 aromatic carbocycles. The number of hydrogen-bond donors (Lipinski definition) is 1. The van der Waals surface area contributed by atoms with Crippen molar-refractivity contribution in [1.29, 1.82) is 0 Å². The van der Waals surface area contributed by atoms with Gasteiger partial charge in [-0.05, 0) is 42.0 Å². The number of primary amides is 1. The van der Waals surface area contributed by atoms with Crippen molar-refractivity contribution in [3.8, 4) is 11.3 Å². The van der Waals surface area contributed by atoms with Gasteiger partial charge >= 0.3 is 0 Å². The minimum absolute atomic E-state index is 0.0957. The van der Waals surface area contributed by atoms with Gasteiger partial charge in [0.1, 0.15) is 6.10 Å². The van der Waals surface area contributed by atoms with Gasteiger partial charge in [-0.1, -0.05) is 36.4 Å². The van der Waals surface area contributed by atoms with Crippen LogP contribution < -0.4 is 5.73 Å². The fourth-order valence-electron chi connectivity index (χ4n) is 4.17. The summed E-state index contributed by atoms with van der Waals surface area (Å²) in [6.45, 7) is 3.15. The number of aromatic nitrogens is 2. The number of morpholine rings is 1. The number of carbonyl (C=O) groups excluding carboxylic acids is 1. The van der Waals surface area contributed by atoms with Crippen LogP contribution >= 0.6 is 0 Å². The van der Waals surface area contributed by atoms with Crippen molar-refractivity contribution < 1.29 is 9.53 Å². The summed E-state index contributed by atoms with van der Waals surface area (Å²) in [5.74, 6) is -0.434. The van der Waals surface area contributed by atoms with Gasteiger partial charge in [-0.3, -0.25) is 19.7 Å². The Morgan fingerprint density at radius 1 is 1.03 bits per heavy atom. The molecule has 0 saturated carbocycles. The fourth-order valence-corrected chi connectivity index (χ4v) is 4.17. The van der Waals surface area contributed by atoms with Gasteiger partial charge in [0, 0.05) is 42.3 Å². The molecule has 1 amide bonds. The van der Waals surface area contributed by atoms with E-state index in [0.29, 0.717) is 12.2 Å². The van der Waals surface area contributed by atoms with Gasteiger partial charge in [0.15, 0.2) is 0 Å². The van der Waals surface area contributed by atoms with Crippen LogP contribution in [0.4, 0.5) is 0 Å². The highest BCUT2D eigenvalue weighted by molar-refractivity contribution is 5.93. The van der Waals surface area contributed by atoms with Gasteiger partial charge in [0.2, 0.25) is 5.91 Å². The summed E-state index contributed by atoms with van der Waals surface area (Å²) < 4.78 is 6.08. The third kappa shape index (κ3) is 4.23. The summed E-state index contributed by atoms with van der Waals surface area (Å²) in [5.41, 5.74) is 10.8. The summed E-state index contributed by atoms with van der Waals surface area (Å²) in [6.07, 6.45) is 1.73. The van der Waals surface area contributed by atoms with E-state index < -0.39 is 5.91 Å². The van der Waals surface area contributed by atoms with Gasteiger partial charge in [-0.2, -0.15) is 0 Å². The van der Waals surface area contributed by atoms with Gasteiger partial charge in [-0.25, -0.2) is 0 Å². The average Bonchev–Trinajstić information content (AvgIpc) is 2.85. The number of hydrogen-bond acceptors (Lipinski definition) is 5. The first-order valence-electron chi connectivity index (χ1n) is 10.7. The van der Waals surface area contributed by atoms with Gasteiger partial charge in [0.05, 0.1) is 23.5 Å². The zero-order chi connectivity index (χ0) is 21.9. The van der Waals surface area contributed by atoms with Crippen LogP contribution in [-0.4, -0.2) is 40.5 Å². The predicted molar refractivity (Wildman–Crippen MR) is 124 cm³/mol. The molecule has 160 valence electrons. The molecule has 0 spiro atoms. The predicted octanol–water partition coefficient (Wildman–Crippen LogP) is 3.97. The number of nitrogens with zero attached hydrogens (tertiary/aromatic N) is 3. The zero-order valence-electron chi connectivity index (χ0n) is 17.6. The van der Waals surface area contributed by atoms with Crippen LogP contribution in [0.2, 0.25) is 0 Å². The number of carbonyl (C=O) groups is 1.